The maximum atomic E-state index is 4.76. The predicted octanol–water partition coefficient (Wildman–Crippen LogP) is 5.10. The topological polar surface area (TPSA) is 12.9 Å². The van der Waals surface area contributed by atoms with Crippen molar-refractivity contribution in [1.29, 1.82) is 0 Å². The Morgan fingerprint density at radius 3 is 2.70 bits per heavy atom. The van der Waals surface area contributed by atoms with E-state index in [1.54, 1.807) is 0 Å². The summed E-state index contributed by atoms with van der Waals surface area (Å²) in [5.41, 5.74) is 7.28. The molecule has 0 amide bonds. The molecule has 1 aromatic carbocycles. The van der Waals surface area contributed by atoms with Gasteiger partial charge in [-0.1, -0.05) is 49.8 Å². The minimum Gasteiger partial charge on any atom is -0.253 e. The number of allylic oxidation sites excluding steroid dienone is 1. The second-order valence-corrected chi connectivity index (χ2v) is 5.47. The van der Waals surface area contributed by atoms with Gasteiger partial charge in [-0.15, -0.1) is 0 Å². The van der Waals surface area contributed by atoms with Gasteiger partial charge in [0.05, 0.1) is 5.69 Å². The zero-order chi connectivity index (χ0) is 14.5. The summed E-state index contributed by atoms with van der Waals surface area (Å²) in [4.78, 5) is 4.76. The van der Waals surface area contributed by atoms with E-state index in [1.807, 2.05) is 0 Å². The van der Waals surface area contributed by atoms with E-state index in [4.69, 9.17) is 4.98 Å². The highest BCUT2D eigenvalue weighted by Crippen LogP contribution is 2.18. The van der Waals surface area contributed by atoms with Crippen LogP contribution in [0.1, 0.15) is 47.8 Å². The van der Waals surface area contributed by atoms with E-state index in [1.165, 1.54) is 16.7 Å². The van der Waals surface area contributed by atoms with Crippen molar-refractivity contribution in [3.63, 3.8) is 0 Å². The van der Waals surface area contributed by atoms with Crippen molar-refractivity contribution in [2.75, 3.05) is 0 Å². The minimum atomic E-state index is 0.890. The van der Waals surface area contributed by atoms with Gasteiger partial charge in [-0.25, -0.2) is 0 Å². The normalized spacial score (nSPS) is 10.6. The summed E-state index contributed by atoms with van der Waals surface area (Å²) in [5, 5.41) is 0. The average Bonchev–Trinajstić information content (AvgIpc) is 2.43. The molecule has 0 atom stereocenters. The van der Waals surface area contributed by atoms with Crippen molar-refractivity contribution < 1.29 is 0 Å². The lowest BCUT2D eigenvalue weighted by Gasteiger charge is -2.09. The Balaban J connectivity index is 2.23. The van der Waals surface area contributed by atoms with E-state index in [0.717, 1.165) is 36.2 Å². The maximum Gasteiger partial charge on any atom is 0.0659 e. The van der Waals surface area contributed by atoms with Crippen LogP contribution in [-0.4, -0.2) is 4.98 Å². The molecule has 1 heterocycles. The Hall–Kier alpha value is -1.89. The zero-order valence-corrected chi connectivity index (χ0v) is 12.7. The van der Waals surface area contributed by atoms with Crippen LogP contribution in [0.4, 0.5) is 0 Å². The molecule has 20 heavy (non-hydrogen) atoms. The van der Waals surface area contributed by atoms with Crippen LogP contribution in [-0.2, 0) is 6.42 Å². The predicted molar refractivity (Wildman–Crippen MR) is 86.9 cm³/mol. The van der Waals surface area contributed by atoms with E-state index < -0.39 is 0 Å². The van der Waals surface area contributed by atoms with Gasteiger partial charge in [0, 0.05) is 12.1 Å². The maximum absolute atomic E-state index is 4.76. The third-order valence-electron chi connectivity index (χ3n) is 3.60. The minimum absolute atomic E-state index is 0.890. The molecule has 0 radical (unpaired) electrons. The van der Waals surface area contributed by atoms with Crippen molar-refractivity contribution in [3.05, 3.63) is 71.1 Å². The van der Waals surface area contributed by atoms with Gasteiger partial charge in [0.1, 0.15) is 0 Å². The average molecular weight is 265 g/mol. The summed E-state index contributed by atoms with van der Waals surface area (Å²) >= 11 is 0. The number of benzene rings is 1. The van der Waals surface area contributed by atoms with E-state index in [0.29, 0.717) is 0 Å². The lowest BCUT2D eigenvalue weighted by Crippen LogP contribution is -1.98. The van der Waals surface area contributed by atoms with Gasteiger partial charge in [0.15, 0.2) is 0 Å². The Kier molecular flexibility index (Phi) is 4.73. The zero-order valence-electron chi connectivity index (χ0n) is 12.7. The van der Waals surface area contributed by atoms with Crippen molar-refractivity contribution in [1.82, 2.24) is 4.98 Å². The molecule has 0 saturated carbocycles. The van der Waals surface area contributed by atoms with Crippen LogP contribution in [0.25, 0.3) is 5.57 Å². The quantitative estimate of drug-likeness (QED) is 0.732. The van der Waals surface area contributed by atoms with Gasteiger partial charge in [-0.2, -0.15) is 0 Å². The molecule has 0 bridgehead atoms. The molecule has 104 valence electrons. The second-order valence-electron chi connectivity index (χ2n) is 5.47. The van der Waals surface area contributed by atoms with Gasteiger partial charge in [0.25, 0.3) is 0 Å². The summed E-state index contributed by atoms with van der Waals surface area (Å²) in [6.07, 6.45) is 3.02. The lowest BCUT2D eigenvalue weighted by atomic mass is 10.0. The molecule has 0 aliphatic carbocycles. The fourth-order valence-corrected chi connectivity index (χ4v) is 2.39. The summed E-state index contributed by atoms with van der Waals surface area (Å²) in [5.74, 6) is 0. The summed E-state index contributed by atoms with van der Waals surface area (Å²) < 4.78 is 0. The van der Waals surface area contributed by atoms with Crippen molar-refractivity contribution in [2.45, 2.75) is 40.0 Å². The number of aromatic nitrogens is 1. The Morgan fingerprint density at radius 2 is 1.95 bits per heavy atom. The molecule has 1 nitrogen and oxygen atoms in total. The summed E-state index contributed by atoms with van der Waals surface area (Å²) in [6, 6.07) is 12.8. The van der Waals surface area contributed by atoms with Gasteiger partial charge in [-0.3, -0.25) is 4.98 Å². The van der Waals surface area contributed by atoms with Crippen LogP contribution in [0, 0.1) is 13.8 Å². The number of hydrogen-bond acceptors (Lipinski definition) is 1. The number of hydrogen-bond donors (Lipinski definition) is 0. The SMILES string of the molecule is C=C(CCC)c1cccc(Cc2cc(C)ccc2C)n1. The number of aryl methyl sites for hydroxylation is 2. The standard InChI is InChI=1S/C19H23N/c1-5-7-16(4)19-9-6-8-18(20-19)13-17-12-14(2)10-11-15(17)3/h6,8-12H,4-5,7,13H2,1-3H3. The molecule has 0 aliphatic rings. The van der Waals surface area contributed by atoms with E-state index in [2.05, 4.69) is 63.7 Å². The van der Waals surface area contributed by atoms with Crippen LogP contribution >= 0.6 is 0 Å². The molecule has 0 saturated heterocycles. The number of pyridine rings is 1. The first-order chi connectivity index (χ1) is 9.60. The first-order valence-electron chi connectivity index (χ1n) is 7.30. The molecule has 2 rings (SSSR count). The molecule has 2 aromatic rings. The fraction of sp³-hybridized carbons (Fsp3) is 0.316. The van der Waals surface area contributed by atoms with Crippen LogP contribution in [0.5, 0.6) is 0 Å². The van der Waals surface area contributed by atoms with Gasteiger partial charge >= 0.3 is 0 Å². The number of rotatable bonds is 5. The second kappa shape index (κ2) is 6.51. The van der Waals surface area contributed by atoms with E-state index in [-0.39, 0.29) is 0 Å². The molecule has 1 aromatic heterocycles. The van der Waals surface area contributed by atoms with Crippen molar-refractivity contribution in [3.8, 4) is 0 Å². The largest absolute Gasteiger partial charge is 0.253 e. The Morgan fingerprint density at radius 1 is 1.15 bits per heavy atom. The third-order valence-corrected chi connectivity index (χ3v) is 3.60. The van der Waals surface area contributed by atoms with Gasteiger partial charge in [0.2, 0.25) is 0 Å². The summed E-state index contributed by atoms with van der Waals surface area (Å²) in [7, 11) is 0. The van der Waals surface area contributed by atoms with E-state index in [9.17, 15) is 0 Å². The molecule has 0 unspecified atom stereocenters. The van der Waals surface area contributed by atoms with Crippen molar-refractivity contribution in [2.24, 2.45) is 0 Å². The number of nitrogens with zero attached hydrogens (tertiary/aromatic N) is 1. The first-order valence-corrected chi connectivity index (χ1v) is 7.30. The van der Waals surface area contributed by atoms with Gasteiger partial charge < -0.3 is 0 Å². The van der Waals surface area contributed by atoms with Crippen LogP contribution in [0.2, 0.25) is 0 Å². The van der Waals surface area contributed by atoms with Crippen LogP contribution < -0.4 is 0 Å². The first kappa shape index (κ1) is 14.5. The Bertz CT molecular complexity index is 611. The van der Waals surface area contributed by atoms with Crippen molar-refractivity contribution >= 4 is 5.57 Å². The highest BCUT2D eigenvalue weighted by atomic mass is 14.7. The molecule has 1 heteroatoms. The highest BCUT2D eigenvalue weighted by molar-refractivity contribution is 5.59. The molecular formula is C19H23N. The monoisotopic (exact) mass is 265 g/mol. The van der Waals surface area contributed by atoms with Crippen LogP contribution in [0.3, 0.4) is 0 Å². The molecular weight excluding hydrogens is 242 g/mol. The molecule has 0 aliphatic heterocycles. The molecule has 0 fully saturated rings. The summed E-state index contributed by atoms with van der Waals surface area (Å²) in [6.45, 7) is 10.6. The fourth-order valence-electron chi connectivity index (χ4n) is 2.39. The lowest BCUT2D eigenvalue weighted by molar-refractivity contribution is 0.958. The third kappa shape index (κ3) is 3.57. The molecule has 0 N–H and O–H groups in total. The van der Waals surface area contributed by atoms with Crippen LogP contribution in [0.15, 0.2) is 43.0 Å². The molecule has 0 spiro atoms. The van der Waals surface area contributed by atoms with E-state index >= 15 is 0 Å². The van der Waals surface area contributed by atoms with Gasteiger partial charge in [-0.05, 0) is 49.1 Å². The smallest absolute Gasteiger partial charge is 0.0659 e. The Labute approximate surface area is 122 Å². The highest BCUT2D eigenvalue weighted by Gasteiger charge is 2.05.